The zero-order valence-corrected chi connectivity index (χ0v) is 12.6. The van der Waals surface area contributed by atoms with E-state index in [9.17, 15) is 13.2 Å². The molecule has 0 saturated heterocycles. The van der Waals surface area contributed by atoms with Crippen LogP contribution < -0.4 is 10.1 Å². The SMILES string of the molecule is CSc1ccc(C2Cc3cc(OC(F)(F)F)ccc3N2)cc1. The summed E-state index contributed by atoms with van der Waals surface area (Å²) in [6.07, 6.45) is -2.00. The van der Waals surface area contributed by atoms with Crippen LogP contribution in [0.2, 0.25) is 0 Å². The van der Waals surface area contributed by atoms with E-state index in [1.165, 1.54) is 17.0 Å². The number of thioether (sulfide) groups is 1. The molecule has 0 spiro atoms. The monoisotopic (exact) mass is 325 g/mol. The number of ether oxygens (including phenoxy) is 1. The minimum atomic E-state index is -4.66. The quantitative estimate of drug-likeness (QED) is 0.801. The van der Waals surface area contributed by atoms with Crippen LogP contribution in [0.15, 0.2) is 47.4 Å². The standard InChI is InChI=1S/C16H14F3NOS/c1-22-13-5-2-10(3-6-13)15-9-11-8-12(21-16(17,18)19)4-7-14(11)20-15/h2-8,15,20H,9H2,1H3. The Kier molecular flexibility index (Phi) is 3.95. The Labute approximate surface area is 130 Å². The summed E-state index contributed by atoms with van der Waals surface area (Å²) in [5.74, 6) is -0.175. The molecule has 0 radical (unpaired) electrons. The van der Waals surface area contributed by atoms with E-state index in [4.69, 9.17) is 0 Å². The second kappa shape index (κ2) is 5.76. The van der Waals surface area contributed by atoms with Crippen molar-refractivity contribution >= 4 is 17.4 Å². The molecule has 1 aliphatic rings. The van der Waals surface area contributed by atoms with Crippen LogP contribution in [0, 0.1) is 0 Å². The van der Waals surface area contributed by atoms with Gasteiger partial charge in [-0.3, -0.25) is 0 Å². The Hall–Kier alpha value is -1.82. The minimum Gasteiger partial charge on any atom is -0.406 e. The van der Waals surface area contributed by atoms with Gasteiger partial charge >= 0.3 is 6.36 Å². The Morgan fingerprint density at radius 2 is 1.86 bits per heavy atom. The van der Waals surface area contributed by atoms with Crippen molar-refractivity contribution in [2.75, 3.05) is 11.6 Å². The van der Waals surface area contributed by atoms with E-state index < -0.39 is 6.36 Å². The van der Waals surface area contributed by atoms with Crippen LogP contribution in [0.1, 0.15) is 17.2 Å². The maximum atomic E-state index is 12.3. The van der Waals surface area contributed by atoms with Crippen LogP contribution in [-0.2, 0) is 6.42 Å². The van der Waals surface area contributed by atoms with Crippen molar-refractivity contribution in [3.8, 4) is 5.75 Å². The van der Waals surface area contributed by atoms with E-state index in [-0.39, 0.29) is 11.8 Å². The van der Waals surface area contributed by atoms with E-state index in [0.717, 1.165) is 16.8 Å². The predicted octanol–water partition coefficient (Wildman–Crippen LogP) is 5.02. The van der Waals surface area contributed by atoms with Gasteiger partial charge in [0.15, 0.2) is 0 Å². The summed E-state index contributed by atoms with van der Waals surface area (Å²) in [6.45, 7) is 0. The fourth-order valence-corrected chi connectivity index (χ4v) is 2.98. The molecule has 0 aromatic heterocycles. The van der Waals surface area contributed by atoms with Gasteiger partial charge in [-0.15, -0.1) is 24.9 Å². The first kappa shape index (κ1) is 15.1. The van der Waals surface area contributed by atoms with Gasteiger partial charge in [0.05, 0.1) is 6.04 Å². The van der Waals surface area contributed by atoms with Crippen molar-refractivity contribution in [2.24, 2.45) is 0 Å². The molecule has 1 N–H and O–H groups in total. The zero-order chi connectivity index (χ0) is 15.7. The van der Waals surface area contributed by atoms with E-state index in [1.54, 1.807) is 17.8 Å². The third kappa shape index (κ3) is 3.32. The van der Waals surface area contributed by atoms with Gasteiger partial charge < -0.3 is 10.1 Å². The molecule has 0 amide bonds. The van der Waals surface area contributed by atoms with Crippen LogP contribution in [0.25, 0.3) is 0 Å². The zero-order valence-electron chi connectivity index (χ0n) is 11.8. The second-order valence-electron chi connectivity index (χ2n) is 5.04. The number of fused-ring (bicyclic) bond motifs is 1. The van der Waals surface area contributed by atoms with Gasteiger partial charge in [0.2, 0.25) is 0 Å². The lowest BCUT2D eigenvalue weighted by Gasteiger charge is -2.12. The molecule has 6 heteroatoms. The number of nitrogens with one attached hydrogen (secondary N) is 1. The molecular formula is C16H14F3NOS. The minimum absolute atomic E-state index is 0.0760. The van der Waals surface area contributed by atoms with Crippen LogP contribution >= 0.6 is 11.8 Å². The molecule has 1 heterocycles. The first-order chi connectivity index (χ1) is 10.4. The molecule has 1 atom stereocenters. The van der Waals surface area contributed by atoms with Crippen LogP contribution in [-0.4, -0.2) is 12.6 Å². The molecule has 22 heavy (non-hydrogen) atoms. The molecule has 0 aliphatic carbocycles. The van der Waals surface area contributed by atoms with E-state index in [1.807, 2.05) is 30.5 Å². The summed E-state index contributed by atoms with van der Waals surface area (Å²) >= 11 is 1.67. The fourth-order valence-electron chi connectivity index (χ4n) is 2.57. The van der Waals surface area contributed by atoms with E-state index >= 15 is 0 Å². The van der Waals surface area contributed by atoms with Gasteiger partial charge in [0, 0.05) is 10.6 Å². The maximum absolute atomic E-state index is 12.3. The van der Waals surface area contributed by atoms with Gasteiger partial charge in [-0.2, -0.15) is 0 Å². The molecule has 0 saturated carbocycles. The van der Waals surface area contributed by atoms with Crippen molar-refractivity contribution in [2.45, 2.75) is 23.7 Å². The summed E-state index contributed by atoms with van der Waals surface area (Å²) in [7, 11) is 0. The highest BCUT2D eigenvalue weighted by molar-refractivity contribution is 7.98. The van der Waals surface area contributed by atoms with Crippen molar-refractivity contribution in [3.05, 3.63) is 53.6 Å². The highest BCUT2D eigenvalue weighted by atomic mass is 32.2. The Balaban J connectivity index is 1.77. The van der Waals surface area contributed by atoms with Gasteiger partial charge in [-0.05, 0) is 54.1 Å². The number of hydrogen-bond acceptors (Lipinski definition) is 3. The third-order valence-electron chi connectivity index (χ3n) is 3.58. The molecule has 2 aromatic rings. The van der Waals surface area contributed by atoms with Gasteiger partial charge in [-0.1, -0.05) is 12.1 Å². The lowest BCUT2D eigenvalue weighted by atomic mass is 10.0. The normalized spacial score (nSPS) is 17.0. The van der Waals surface area contributed by atoms with Crippen molar-refractivity contribution in [1.82, 2.24) is 0 Å². The lowest BCUT2D eigenvalue weighted by molar-refractivity contribution is -0.274. The van der Waals surface area contributed by atoms with E-state index in [2.05, 4.69) is 10.1 Å². The molecule has 1 unspecified atom stereocenters. The van der Waals surface area contributed by atoms with Crippen LogP contribution in [0.5, 0.6) is 5.75 Å². The number of halogens is 3. The first-order valence-corrected chi connectivity index (χ1v) is 7.96. The molecule has 3 rings (SSSR count). The smallest absolute Gasteiger partial charge is 0.406 e. The van der Waals surface area contributed by atoms with Crippen molar-refractivity contribution in [3.63, 3.8) is 0 Å². The number of benzene rings is 2. The molecule has 116 valence electrons. The Morgan fingerprint density at radius 1 is 1.14 bits per heavy atom. The third-order valence-corrected chi connectivity index (χ3v) is 4.33. The fraction of sp³-hybridized carbons (Fsp3) is 0.250. The van der Waals surface area contributed by atoms with Crippen molar-refractivity contribution in [1.29, 1.82) is 0 Å². The maximum Gasteiger partial charge on any atom is 0.573 e. The lowest BCUT2D eigenvalue weighted by Crippen LogP contribution is -2.17. The summed E-state index contributed by atoms with van der Waals surface area (Å²) in [6, 6.07) is 12.7. The first-order valence-electron chi connectivity index (χ1n) is 6.74. The molecule has 0 bridgehead atoms. The van der Waals surface area contributed by atoms with E-state index in [0.29, 0.717) is 6.42 Å². The average Bonchev–Trinajstić information content (AvgIpc) is 2.89. The largest absolute Gasteiger partial charge is 0.573 e. The predicted molar refractivity (Wildman–Crippen MR) is 81.4 cm³/mol. The summed E-state index contributed by atoms with van der Waals surface area (Å²) in [5, 5.41) is 3.33. The topological polar surface area (TPSA) is 21.3 Å². The molecule has 2 nitrogen and oxygen atoms in total. The van der Waals surface area contributed by atoms with Crippen LogP contribution in [0.3, 0.4) is 0 Å². The van der Waals surface area contributed by atoms with Crippen LogP contribution in [0.4, 0.5) is 18.9 Å². The molecular weight excluding hydrogens is 311 g/mol. The Bertz CT molecular complexity index is 670. The average molecular weight is 325 g/mol. The molecule has 2 aromatic carbocycles. The van der Waals surface area contributed by atoms with Crippen molar-refractivity contribution < 1.29 is 17.9 Å². The number of anilines is 1. The van der Waals surface area contributed by atoms with Gasteiger partial charge in [0.1, 0.15) is 5.75 Å². The molecule has 1 aliphatic heterocycles. The summed E-state index contributed by atoms with van der Waals surface area (Å²) in [5.41, 5.74) is 2.81. The van der Waals surface area contributed by atoms with Gasteiger partial charge in [0.25, 0.3) is 0 Å². The Morgan fingerprint density at radius 3 is 2.50 bits per heavy atom. The summed E-state index contributed by atoms with van der Waals surface area (Å²) in [4.78, 5) is 1.18. The number of rotatable bonds is 3. The highest BCUT2D eigenvalue weighted by Gasteiger charge is 2.32. The second-order valence-corrected chi connectivity index (χ2v) is 5.92. The molecule has 0 fully saturated rings. The summed E-state index contributed by atoms with van der Waals surface area (Å²) < 4.78 is 40.8. The van der Waals surface area contributed by atoms with Gasteiger partial charge in [-0.25, -0.2) is 0 Å². The highest BCUT2D eigenvalue weighted by Crippen LogP contribution is 2.37. The number of alkyl halides is 3. The number of hydrogen-bond donors (Lipinski definition) is 1.